The lowest BCUT2D eigenvalue weighted by Crippen LogP contribution is -2.69. The maximum Gasteiger partial charge on any atom is 0.309 e. The molecule has 0 spiro atoms. The van der Waals surface area contributed by atoms with E-state index < -0.39 is 23.6 Å². The minimum atomic E-state index is -3.02. The quantitative estimate of drug-likeness (QED) is 0.117. The molecule has 0 bridgehead atoms. The summed E-state index contributed by atoms with van der Waals surface area (Å²) in [5.41, 5.74) is 2.12. The summed E-state index contributed by atoms with van der Waals surface area (Å²) in [6.07, 6.45) is 11.8. The number of sulfone groups is 1. The number of fused-ring (bicyclic) bond motifs is 7. The van der Waals surface area contributed by atoms with Crippen LogP contribution in [0.2, 0.25) is 18.1 Å². The summed E-state index contributed by atoms with van der Waals surface area (Å²) >= 11 is 0. The van der Waals surface area contributed by atoms with Crippen LogP contribution in [0.25, 0.3) is 0 Å². The second kappa shape index (κ2) is 18.4. The smallest absolute Gasteiger partial charge is 0.309 e. The maximum absolute atomic E-state index is 14.2. The molecule has 1 aliphatic heterocycles. The topological polar surface area (TPSA) is 111 Å². The monoisotopic (exact) mass is 991 g/mol. The third-order valence-corrected chi connectivity index (χ3v) is 28.8. The average Bonchev–Trinajstić information content (AvgIpc) is 3.64. The molecule has 1 aromatic carbocycles. The minimum absolute atomic E-state index is 0.0102. The van der Waals surface area contributed by atoms with Crippen molar-refractivity contribution in [2.45, 2.75) is 202 Å². The first-order chi connectivity index (χ1) is 31.9. The van der Waals surface area contributed by atoms with Crippen LogP contribution in [0.3, 0.4) is 0 Å². The van der Waals surface area contributed by atoms with Crippen LogP contribution in [0.15, 0.2) is 42.5 Å². The summed E-state index contributed by atoms with van der Waals surface area (Å²) in [5.74, 6) is 2.04. The van der Waals surface area contributed by atoms with E-state index in [9.17, 15) is 18.0 Å². The van der Waals surface area contributed by atoms with Gasteiger partial charge in [0.1, 0.15) is 12.7 Å². The van der Waals surface area contributed by atoms with Crippen molar-refractivity contribution < 1.29 is 31.9 Å². The molecule has 9 nitrogen and oxygen atoms in total. The van der Waals surface area contributed by atoms with Crippen LogP contribution < -0.4 is 5.32 Å². The Morgan fingerprint density at radius 1 is 0.826 bits per heavy atom. The Labute approximate surface area is 420 Å². The Bertz CT molecular complexity index is 2190. The molecule has 1 saturated heterocycles. The molecular weight excluding hydrogens is 897 g/mol. The van der Waals surface area contributed by atoms with E-state index in [-0.39, 0.29) is 92.4 Å². The zero-order valence-corrected chi connectivity index (χ0v) is 47.4. The first-order valence-electron chi connectivity index (χ1n) is 27.4. The molecule has 7 aliphatic rings. The fourth-order valence-electron chi connectivity index (χ4n) is 17.1. The van der Waals surface area contributed by atoms with Gasteiger partial charge >= 0.3 is 11.9 Å². The van der Waals surface area contributed by atoms with E-state index in [0.29, 0.717) is 49.1 Å². The highest BCUT2D eigenvalue weighted by atomic mass is 32.2. The van der Waals surface area contributed by atoms with Crippen molar-refractivity contribution in [3.63, 3.8) is 0 Å². The standard InChI is InChI=1S/C58H94N2O7SSi/c1-38(2)41-23-28-58(59-36-45(60-31-33-68(63,64)34-32-60)39(3)67-69(14,15)52(4,5)6)30-29-56(12)42(49(41)58)21-22-47-55(11)26-25-48(54(9,10)46(55)24-27-57(47,56)13)66-51(62)44-35-43(53(44,7)8)50(61)65-37-40-19-17-16-18-20-40/h16-20,39,41-49,59H,1,21-37H2,2-15H3/t39-,41+,42-,43+,44-,45-,46+,47-,48+,49-,55+,56-,57-,58+/m1/s1. The summed E-state index contributed by atoms with van der Waals surface area (Å²) in [5, 5.41) is 4.48. The van der Waals surface area contributed by atoms with Gasteiger partial charge in [-0.05, 0) is 159 Å². The van der Waals surface area contributed by atoms with E-state index in [1.165, 1.54) is 37.7 Å². The number of hydrogen-bond acceptors (Lipinski definition) is 9. The number of carbonyl (C=O) groups excluding carboxylic acids is 2. The number of esters is 2. The van der Waals surface area contributed by atoms with Crippen LogP contribution in [-0.2, 0) is 39.9 Å². The van der Waals surface area contributed by atoms with Crippen molar-refractivity contribution >= 4 is 30.1 Å². The molecule has 6 saturated carbocycles. The van der Waals surface area contributed by atoms with Gasteiger partial charge in [-0.1, -0.05) is 112 Å². The van der Waals surface area contributed by atoms with Crippen molar-refractivity contribution in [2.75, 3.05) is 31.1 Å². The maximum atomic E-state index is 14.2. The zero-order valence-electron chi connectivity index (χ0n) is 45.6. The molecule has 1 N–H and O–H groups in total. The molecule has 7 fully saturated rings. The minimum Gasteiger partial charge on any atom is -0.462 e. The van der Waals surface area contributed by atoms with Gasteiger partial charge in [0.2, 0.25) is 0 Å². The third kappa shape index (κ3) is 9.12. The Morgan fingerprint density at radius 2 is 1.48 bits per heavy atom. The number of hydrogen-bond donors (Lipinski definition) is 1. The summed E-state index contributed by atoms with van der Waals surface area (Å²) in [6, 6.07) is 9.86. The molecule has 1 heterocycles. The van der Waals surface area contributed by atoms with Gasteiger partial charge in [-0.2, -0.15) is 0 Å². The molecule has 11 heteroatoms. The lowest BCUT2D eigenvalue weighted by atomic mass is 9.32. The van der Waals surface area contributed by atoms with E-state index in [2.05, 4.69) is 92.5 Å². The number of nitrogens with one attached hydrogen (secondary N) is 1. The molecule has 0 amide bonds. The zero-order chi connectivity index (χ0) is 50.5. The number of ether oxygens (including phenoxy) is 2. The highest BCUT2D eigenvalue weighted by molar-refractivity contribution is 7.91. The molecule has 6 aliphatic carbocycles. The summed E-state index contributed by atoms with van der Waals surface area (Å²) in [7, 11) is -5.11. The number of carbonyl (C=O) groups is 2. The Morgan fingerprint density at radius 3 is 2.10 bits per heavy atom. The molecular formula is C58H94N2O7SSi. The SMILES string of the molecule is C=C(C)[C@@H]1CC[C@]2(NC[C@H]([C@@H](C)O[Si](C)(C)C(C)(C)C)N3CCS(=O)(=O)CC3)CC[C@]3(C)[C@H](CC[C@@H]4[C@@]5(C)CC[C@H](OC(=O)[C@H]6C[C@@H](C(=O)OCc7ccccc7)C6(C)C)C(C)(C)[C@@H]5CC[C@]43C)[C@@H]12. The van der Waals surface area contributed by atoms with Crippen molar-refractivity contribution in [2.24, 2.45) is 68.5 Å². The van der Waals surface area contributed by atoms with Gasteiger partial charge in [-0.15, -0.1) is 0 Å². The number of benzene rings is 1. The number of nitrogens with zero attached hydrogens (tertiary/aromatic N) is 1. The molecule has 0 unspecified atom stereocenters. The molecule has 0 aromatic heterocycles. The van der Waals surface area contributed by atoms with E-state index in [4.69, 9.17) is 20.5 Å². The van der Waals surface area contributed by atoms with Crippen LogP contribution in [0, 0.1) is 68.5 Å². The fourth-order valence-corrected chi connectivity index (χ4v) is 19.8. The Balaban J connectivity index is 0.973. The van der Waals surface area contributed by atoms with E-state index >= 15 is 0 Å². The Kier molecular flexibility index (Phi) is 14.2. The van der Waals surface area contributed by atoms with Gasteiger partial charge in [-0.3, -0.25) is 14.5 Å². The predicted octanol–water partition coefficient (Wildman–Crippen LogP) is 11.8. The largest absolute Gasteiger partial charge is 0.462 e. The molecule has 388 valence electrons. The van der Waals surface area contributed by atoms with Gasteiger partial charge in [-0.25, -0.2) is 8.42 Å². The lowest BCUT2D eigenvalue weighted by molar-refractivity contribution is -0.248. The van der Waals surface area contributed by atoms with Crippen molar-refractivity contribution in [1.82, 2.24) is 10.2 Å². The molecule has 69 heavy (non-hydrogen) atoms. The van der Waals surface area contributed by atoms with Gasteiger partial charge < -0.3 is 19.2 Å². The lowest BCUT2D eigenvalue weighted by Gasteiger charge is -2.73. The first kappa shape index (κ1) is 53.2. The third-order valence-electron chi connectivity index (χ3n) is 22.7. The fraction of sp³-hybridized carbons (Fsp3) is 0.828. The van der Waals surface area contributed by atoms with Gasteiger partial charge in [0.25, 0.3) is 0 Å². The Hall–Kier alpha value is -2.05. The predicted molar refractivity (Wildman–Crippen MR) is 281 cm³/mol. The van der Waals surface area contributed by atoms with E-state index in [1.54, 1.807) is 0 Å². The van der Waals surface area contributed by atoms with Crippen LogP contribution in [0.4, 0.5) is 0 Å². The van der Waals surface area contributed by atoms with Crippen LogP contribution in [0.5, 0.6) is 0 Å². The van der Waals surface area contributed by atoms with Crippen molar-refractivity contribution in [1.29, 1.82) is 0 Å². The second-order valence-corrected chi connectivity index (χ2v) is 34.7. The second-order valence-electron chi connectivity index (χ2n) is 27.6. The van der Waals surface area contributed by atoms with Gasteiger partial charge in [0.05, 0.1) is 29.4 Å². The normalized spacial score (nSPS) is 40.1. The van der Waals surface area contributed by atoms with Gasteiger partial charge in [0, 0.05) is 36.6 Å². The molecule has 8 rings (SSSR count). The van der Waals surface area contributed by atoms with Crippen LogP contribution >= 0.6 is 0 Å². The molecule has 1 aromatic rings. The van der Waals surface area contributed by atoms with E-state index in [1.807, 2.05) is 44.2 Å². The van der Waals surface area contributed by atoms with Crippen molar-refractivity contribution in [3.8, 4) is 0 Å². The highest BCUT2D eigenvalue weighted by Gasteiger charge is 2.71. The molecule has 0 radical (unpaired) electrons. The number of rotatable bonds is 13. The van der Waals surface area contributed by atoms with Crippen LogP contribution in [-0.4, -0.2) is 88.5 Å². The summed E-state index contributed by atoms with van der Waals surface area (Å²) in [6.45, 7) is 39.9. The first-order valence-corrected chi connectivity index (χ1v) is 32.1. The van der Waals surface area contributed by atoms with Gasteiger partial charge in [0.15, 0.2) is 18.2 Å². The van der Waals surface area contributed by atoms with Crippen LogP contribution in [0.1, 0.15) is 159 Å². The summed E-state index contributed by atoms with van der Waals surface area (Å²) < 4.78 is 44.9. The summed E-state index contributed by atoms with van der Waals surface area (Å²) in [4.78, 5) is 29.8. The van der Waals surface area contributed by atoms with E-state index in [0.717, 1.165) is 44.2 Å². The average molecular weight is 992 g/mol. The number of allylic oxidation sites excluding steroid dienone is 1. The highest BCUT2D eigenvalue weighted by Crippen LogP contribution is 2.76. The molecule has 14 atom stereocenters. The van der Waals surface area contributed by atoms with Crippen molar-refractivity contribution in [3.05, 3.63) is 48.0 Å².